The monoisotopic (exact) mass is 257 g/mol. The minimum Gasteiger partial charge on any atom is -0.493 e. The van der Waals surface area contributed by atoms with Crippen molar-refractivity contribution in [2.24, 2.45) is 0 Å². The predicted octanol–water partition coefficient (Wildman–Crippen LogP) is 2.93. The Morgan fingerprint density at radius 2 is 1.95 bits per heavy atom. The summed E-state index contributed by atoms with van der Waals surface area (Å²) in [7, 11) is 3.10. The van der Waals surface area contributed by atoms with Crippen molar-refractivity contribution in [1.82, 2.24) is 4.98 Å². The first-order chi connectivity index (χ1) is 9.24. The van der Waals surface area contributed by atoms with E-state index in [4.69, 9.17) is 9.47 Å². The first kappa shape index (κ1) is 13.0. The summed E-state index contributed by atoms with van der Waals surface area (Å²) in [4.78, 5) is 15.0. The molecular weight excluding hydrogens is 242 g/mol. The van der Waals surface area contributed by atoms with E-state index < -0.39 is 0 Å². The van der Waals surface area contributed by atoms with Crippen molar-refractivity contribution in [2.45, 2.75) is 0 Å². The van der Waals surface area contributed by atoms with Crippen LogP contribution in [0.5, 0.6) is 11.5 Å². The maximum atomic E-state index is 12.0. The Morgan fingerprint density at radius 1 is 1.16 bits per heavy atom. The lowest BCUT2D eigenvalue weighted by molar-refractivity contribution is 0.104. The number of carbonyl (C=O) groups excluding carboxylic acids is 1. The minimum absolute atomic E-state index is 0.0875. The van der Waals surface area contributed by atoms with E-state index >= 15 is 0 Å². The summed E-state index contributed by atoms with van der Waals surface area (Å²) in [6, 6.07) is 8.86. The number of aromatic amines is 1. The number of allylic oxidation sites excluding steroid dienone is 1. The van der Waals surface area contributed by atoms with Gasteiger partial charge in [-0.3, -0.25) is 4.79 Å². The normalized spacial score (nSPS) is 10.6. The van der Waals surface area contributed by atoms with Crippen LogP contribution in [0.4, 0.5) is 0 Å². The molecule has 0 radical (unpaired) electrons. The van der Waals surface area contributed by atoms with E-state index in [2.05, 4.69) is 4.98 Å². The molecule has 1 N–H and O–H groups in total. The van der Waals surface area contributed by atoms with E-state index in [1.54, 1.807) is 44.7 Å². The van der Waals surface area contributed by atoms with Gasteiger partial charge in [-0.2, -0.15) is 0 Å². The highest BCUT2D eigenvalue weighted by molar-refractivity contribution is 6.07. The standard InChI is InChI=1S/C15H15NO3/c1-18-14-8-5-11(10-15(14)19-2)13(17)7-6-12-4-3-9-16-12/h3-10,16H,1-2H3/b7-6+. The third-order valence-electron chi connectivity index (χ3n) is 2.70. The Kier molecular flexibility index (Phi) is 4.03. The molecule has 0 bridgehead atoms. The van der Waals surface area contributed by atoms with Crippen LogP contribution in [0.1, 0.15) is 16.1 Å². The summed E-state index contributed by atoms with van der Waals surface area (Å²) in [6.07, 6.45) is 5.06. The highest BCUT2D eigenvalue weighted by atomic mass is 16.5. The first-order valence-corrected chi connectivity index (χ1v) is 5.82. The molecule has 1 aromatic carbocycles. The second-order valence-electron chi connectivity index (χ2n) is 3.89. The molecule has 2 rings (SSSR count). The van der Waals surface area contributed by atoms with Gasteiger partial charge in [0.05, 0.1) is 14.2 Å². The van der Waals surface area contributed by atoms with Crippen LogP contribution in [0, 0.1) is 0 Å². The zero-order valence-electron chi connectivity index (χ0n) is 10.8. The van der Waals surface area contributed by atoms with Crippen molar-refractivity contribution >= 4 is 11.9 Å². The molecule has 0 unspecified atom stereocenters. The average Bonchev–Trinajstić information content (AvgIpc) is 2.97. The topological polar surface area (TPSA) is 51.3 Å². The van der Waals surface area contributed by atoms with Crippen LogP contribution < -0.4 is 9.47 Å². The van der Waals surface area contributed by atoms with Gasteiger partial charge in [-0.05, 0) is 42.5 Å². The van der Waals surface area contributed by atoms with Crippen molar-refractivity contribution in [1.29, 1.82) is 0 Å². The molecule has 0 aliphatic rings. The van der Waals surface area contributed by atoms with E-state index in [0.29, 0.717) is 17.1 Å². The van der Waals surface area contributed by atoms with E-state index in [0.717, 1.165) is 5.69 Å². The van der Waals surface area contributed by atoms with Crippen LogP contribution in [0.3, 0.4) is 0 Å². The lowest BCUT2D eigenvalue weighted by Crippen LogP contribution is -1.97. The van der Waals surface area contributed by atoms with Crippen LogP contribution in [0.25, 0.3) is 6.08 Å². The Balaban J connectivity index is 2.19. The number of ketones is 1. The number of hydrogen-bond acceptors (Lipinski definition) is 3. The number of methoxy groups -OCH3 is 2. The average molecular weight is 257 g/mol. The third-order valence-corrected chi connectivity index (χ3v) is 2.70. The Hall–Kier alpha value is -2.49. The van der Waals surface area contributed by atoms with E-state index in [1.807, 2.05) is 12.1 Å². The molecule has 1 aromatic heterocycles. The number of hydrogen-bond donors (Lipinski definition) is 1. The van der Waals surface area contributed by atoms with Crippen LogP contribution in [-0.4, -0.2) is 25.0 Å². The lowest BCUT2D eigenvalue weighted by Gasteiger charge is -2.07. The number of aromatic nitrogens is 1. The van der Waals surface area contributed by atoms with E-state index in [1.165, 1.54) is 6.08 Å². The molecule has 4 heteroatoms. The smallest absolute Gasteiger partial charge is 0.186 e. The van der Waals surface area contributed by atoms with Gasteiger partial charge in [-0.1, -0.05) is 0 Å². The quantitative estimate of drug-likeness (QED) is 0.662. The van der Waals surface area contributed by atoms with Crippen LogP contribution in [-0.2, 0) is 0 Å². The van der Waals surface area contributed by atoms with Gasteiger partial charge in [-0.15, -0.1) is 0 Å². The highest BCUT2D eigenvalue weighted by Gasteiger charge is 2.08. The van der Waals surface area contributed by atoms with Gasteiger partial charge in [0, 0.05) is 17.5 Å². The van der Waals surface area contributed by atoms with Gasteiger partial charge in [0.1, 0.15) is 0 Å². The van der Waals surface area contributed by atoms with Gasteiger partial charge in [0.2, 0.25) is 0 Å². The van der Waals surface area contributed by atoms with Crippen molar-refractivity contribution < 1.29 is 14.3 Å². The fraction of sp³-hybridized carbons (Fsp3) is 0.133. The minimum atomic E-state index is -0.0875. The number of rotatable bonds is 5. The van der Waals surface area contributed by atoms with Gasteiger partial charge in [-0.25, -0.2) is 0 Å². The van der Waals surface area contributed by atoms with Crippen molar-refractivity contribution in [3.8, 4) is 11.5 Å². The van der Waals surface area contributed by atoms with Gasteiger partial charge >= 0.3 is 0 Å². The zero-order chi connectivity index (χ0) is 13.7. The molecule has 0 spiro atoms. The van der Waals surface area contributed by atoms with Crippen molar-refractivity contribution in [2.75, 3.05) is 14.2 Å². The number of benzene rings is 1. The summed E-state index contributed by atoms with van der Waals surface area (Å²) in [6.45, 7) is 0. The molecule has 2 aromatic rings. The summed E-state index contributed by atoms with van der Waals surface area (Å²) in [5.74, 6) is 1.06. The second-order valence-corrected chi connectivity index (χ2v) is 3.89. The molecule has 0 saturated carbocycles. The van der Waals surface area contributed by atoms with Crippen LogP contribution >= 0.6 is 0 Å². The molecule has 4 nitrogen and oxygen atoms in total. The van der Waals surface area contributed by atoms with Gasteiger partial charge in [0.15, 0.2) is 17.3 Å². The Morgan fingerprint density at radius 3 is 2.58 bits per heavy atom. The molecule has 0 aliphatic heterocycles. The van der Waals surface area contributed by atoms with Crippen molar-refractivity contribution in [3.05, 3.63) is 53.9 Å². The Bertz CT molecular complexity index is 585. The SMILES string of the molecule is COc1ccc(C(=O)/C=C/c2ccc[nH]2)cc1OC. The third kappa shape index (κ3) is 3.04. The second kappa shape index (κ2) is 5.91. The van der Waals surface area contributed by atoms with E-state index in [9.17, 15) is 4.79 Å². The maximum Gasteiger partial charge on any atom is 0.186 e. The van der Waals surface area contributed by atoms with Crippen molar-refractivity contribution in [3.63, 3.8) is 0 Å². The van der Waals surface area contributed by atoms with E-state index in [-0.39, 0.29) is 5.78 Å². The van der Waals surface area contributed by atoms with Crippen LogP contribution in [0.2, 0.25) is 0 Å². The zero-order valence-corrected chi connectivity index (χ0v) is 10.8. The largest absolute Gasteiger partial charge is 0.493 e. The molecule has 0 fully saturated rings. The maximum absolute atomic E-state index is 12.0. The summed E-state index contributed by atoms with van der Waals surface area (Å²) >= 11 is 0. The number of carbonyl (C=O) groups is 1. The first-order valence-electron chi connectivity index (χ1n) is 5.82. The lowest BCUT2D eigenvalue weighted by atomic mass is 10.1. The molecule has 0 amide bonds. The fourth-order valence-electron chi connectivity index (χ4n) is 1.70. The molecule has 98 valence electrons. The molecule has 0 aliphatic carbocycles. The summed E-state index contributed by atoms with van der Waals surface area (Å²) < 4.78 is 10.3. The summed E-state index contributed by atoms with van der Waals surface area (Å²) in [5.41, 5.74) is 1.44. The number of ether oxygens (including phenoxy) is 2. The van der Waals surface area contributed by atoms with Gasteiger partial charge in [0.25, 0.3) is 0 Å². The summed E-state index contributed by atoms with van der Waals surface area (Å²) in [5, 5.41) is 0. The Labute approximate surface area is 111 Å². The molecule has 0 atom stereocenters. The number of nitrogens with one attached hydrogen (secondary N) is 1. The molecule has 1 heterocycles. The number of H-pyrrole nitrogens is 1. The molecular formula is C15H15NO3. The van der Waals surface area contributed by atoms with Gasteiger partial charge < -0.3 is 14.5 Å². The highest BCUT2D eigenvalue weighted by Crippen LogP contribution is 2.27. The van der Waals surface area contributed by atoms with Crippen LogP contribution in [0.15, 0.2) is 42.6 Å². The molecule has 0 saturated heterocycles. The molecule has 19 heavy (non-hydrogen) atoms. The predicted molar refractivity (Wildman–Crippen MR) is 73.7 cm³/mol. The fourth-order valence-corrected chi connectivity index (χ4v) is 1.70.